The number of carbonyl (C=O) groups is 1. The highest BCUT2D eigenvalue weighted by molar-refractivity contribution is 7.99. The van der Waals surface area contributed by atoms with Gasteiger partial charge in [0.2, 0.25) is 5.91 Å². The van der Waals surface area contributed by atoms with Gasteiger partial charge in [-0.2, -0.15) is 0 Å². The van der Waals surface area contributed by atoms with Crippen molar-refractivity contribution in [3.8, 4) is 0 Å². The van der Waals surface area contributed by atoms with Gasteiger partial charge in [-0.05, 0) is 55.5 Å². The molecule has 9 heteroatoms. The van der Waals surface area contributed by atoms with E-state index < -0.39 is 0 Å². The first-order valence-corrected chi connectivity index (χ1v) is 12.6. The van der Waals surface area contributed by atoms with E-state index in [-0.39, 0.29) is 17.2 Å². The van der Waals surface area contributed by atoms with Crippen molar-refractivity contribution in [3.05, 3.63) is 74.9 Å². The lowest BCUT2D eigenvalue weighted by Crippen LogP contribution is -2.31. The van der Waals surface area contributed by atoms with Gasteiger partial charge < -0.3 is 18.7 Å². The first-order valence-electron chi connectivity index (χ1n) is 10.6. The third-order valence-corrected chi connectivity index (χ3v) is 7.66. The number of hydrogen-bond donors (Lipinski definition) is 1. The number of amides is 1. The predicted octanol–water partition coefficient (Wildman–Crippen LogP) is 4.51. The van der Waals surface area contributed by atoms with Crippen LogP contribution in [-0.4, -0.2) is 26.5 Å². The molecule has 4 aromatic heterocycles. The molecule has 0 bridgehead atoms. The summed E-state index contributed by atoms with van der Waals surface area (Å²) in [4.78, 5) is 37.1. The molecule has 1 N–H and O–H groups in total. The number of thioether (sulfide) groups is 1. The number of aromatic amines is 1. The number of nitrogens with zero attached hydrogens (tertiary/aromatic N) is 2. The van der Waals surface area contributed by atoms with Crippen molar-refractivity contribution < 1.29 is 13.6 Å². The Hall–Kier alpha value is -2.78. The van der Waals surface area contributed by atoms with Crippen LogP contribution in [0.5, 0.6) is 0 Å². The molecule has 1 aliphatic rings. The average Bonchev–Trinajstić information content (AvgIpc) is 3.54. The number of thiophene rings is 1. The minimum absolute atomic E-state index is 0.0298. The summed E-state index contributed by atoms with van der Waals surface area (Å²) < 4.78 is 10.8. The minimum atomic E-state index is -0.0615. The number of hydrogen-bond acceptors (Lipinski definition) is 7. The van der Waals surface area contributed by atoms with Gasteiger partial charge in [-0.3, -0.25) is 9.59 Å². The number of H-pyrrole nitrogens is 1. The van der Waals surface area contributed by atoms with Crippen molar-refractivity contribution in [2.24, 2.45) is 0 Å². The molecule has 0 radical (unpaired) electrons. The molecule has 1 aliphatic carbocycles. The highest BCUT2D eigenvalue weighted by Gasteiger charge is 2.21. The molecule has 0 fully saturated rings. The molecular weight excluding hydrogens is 446 g/mol. The van der Waals surface area contributed by atoms with Crippen LogP contribution in [0.3, 0.4) is 0 Å². The molecular formula is C23H23N3O4S2. The van der Waals surface area contributed by atoms with Crippen molar-refractivity contribution in [2.45, 2.75) is 44.5 Å². The van der Waals surface area contributed by atoms with E-state index in [2.05, 4.69) is 4.98 Å². The van der Waals surface area contributed by atoms with Gasteiger partial charge in [-0.25, -0.2) is 4.98 Å². The molecule has 0 unspecified atom stereocenters. The van der Waals surface area contributed by atoms with E-state index in [1.54, 1.807) is 40.9 Å². The molecule has 166 valence electrons. The van der Waals surface area contributed by atoms with Crippen LogP contribution in [0.25, 0.3) is 10.2 Å². The second kappa shape index (κ2) is 9.38. The molecule has 1 amide bonds. The highest BCUT2D eigenvalue weighted by Crippen LogP contribution is 2.33. The molecule has 0 spiro atoms. The quantitative estimate of drug-likeness (QED) is 0.408. The molecule has 0 saturated carbocycles. The van der Waals surface area contributed by atoms with Gasteiger partial charge in [0.05, 0.1) is 42.5 Å². The SMILES string of the molecule is O=C(CSCc1nc2sc3c(c2c(=O)[nH]1)CCCC3)N(Cc1ccco1)Cc1ccco1. The average molecular weight is 470 g/mol. The molecule has 7 nitrogen and oxygen atoms in total. The Labute approximate surface area is 192 Å². The molecule has 0 atom stereocenters. The van der Waals surface area contributed by atoms with Crippen LogP contribution >= 0.6 is 23.1 Å². The Balaban J connectivity index is 1.25. The lowest BCUT2D eigenvalue weighted by Gasteiger charge is -2.20. The van der Waals surface area contributed by atoms with E-state index in [0.717, 1.165) is 29.5 Å². The Morgan fingerprint density at radius 1 is 1.12 bits per heavy atom. The Morgan fingerprint density at radius 3 is 2.53 bits per heavy atom. The molecule has 0 aromatic carbocycles. The number of nitrogens with one attached hydrogen (secondary N) is 1. The number of rotatable bonds is 8. The van der Waals surface area contributed by atoms with Gasteiger partial charge in [0.25, 0.3) is 5.56 Å². The Kier molecular flexibility index (Phi) is 6.18. The maximum absolute atomic E-state index is 12.9. The van der Waals surface area contributed by atoms with E-state index in [0.29, 0.717) is 36.2 Å². The second-order valence-electron chi connectivity index (χ2n) is 7.80. The summed E-state index contributed by atoms with van der Waals surface area (Å²) in [7, 11) is 0. The number of carbonyl (C=O) groups excluding carboxylic acids is 1. The van der Waals surface area contributed by atoms with Crippen LogP contribution in [0.1, 0.15) is 40.6 Å². The normalized spacial score (nSPS) is 13.4. The van der Waals surface area contributed by atoms with E-state index in [1.165, 1.54) is 28.6 Å². The van der Waals surface area contributed by atoms with E-state index in [1.807, 2.05) is 12.1 Å². The van der Waals surface area contributed by atoms with Gasteiger partial charge in [0.1, 0.15) is 22.2 Å². The Morgan fingerprint density at radius 2 is 1.84 bits per heavy atom. The Bertz CT molecular complexity index is 1220. The maximum atomic E-state index is 12.9. The molecule has 4 heterocycles. The zero-order valence-corrected chi connectivity index (χ0v) is 19.1. The van der Waals surface area contributed by atoms with Crippen LogP contribution in [0.4, 0.5) is 0 Å². The first-order chi connectivity index (χ1) is 15.7. The highest BCUT2D eigenvalue weighted by atomic mass is 32.2. The molecule has 32 heavy (non-hydrogen) atoms. The summed E-state index contributed by atoms with van der Waals surface area (Å²) in [5, 5.41) is 0.762. The third-order valence-electron chi connectivity index (χ3n) is 5.54. The largest absolute Gasteiger partial charge is 0.467 e. The third kappa shape index (κ3) is 4.54. The molecule has 4 aromatic rings. The lowest BCUT2D eigenvalue weighted by molar-refractivity contribution is -0.130. The van der Waals surface area contributed by atoms with E-state index >= 15 is 0 Å². The maximum Gasteiger partial charge on any atom is 0.259 e. The number of aryl methyl sites for hydroxylation is 2. The monoisotopic (exact) mass is 469 g/mol. The predicted molar refractivity (Wildman–Crippen MR) is 125 cm³/mol. The van der Waals surface area contributed by atoms with E-state index in [9.17, 15) is 9.59 Å². The molecule has 5 rings (SSSR count). The van der Waals surface area contributed by atoms with Crippen molar-refractivity contribution in [1.82, 2.24) is 14.9 Å². The number of furan rings is 2. The zero-order chi connectivity index (χ0) is 21.9. The number of aromatic nitrogens is 2. The van der Waals surface area contributed by atoms with Gasteiger partial charge in [0.15, 0.2) is 0 Å². The lowest BCUT2D eigenvalue weighted by atomic mass is 9.97. The summed E-state index contributed by atoms with van der Waals surface area (Å²) in [6.07, 6.45) is 7.50. The summed E-state index contributed by atoms with van der Waals surface area (Å²) in [5.41, 5.74) is 1.12. The molecule has 0 aliphatic heterocycles. The fourth-order valence-corrected chi connectivity index (χ4v) is 6.09. The summed E-state index contributed by atoms with van der Waals surface area (Å²) >= 11 is 3.08. The van der Waals surface area contributed by atoms with Gasteiger partial charge in [-0.15, -0.1) is 23.1 Å². The van der Waals surface area contributed by atoms with Crippen LogP contribution in [0.2, 0.25) is 0 Å². The van der Waals surface area contributed by atoms with Crippen LogP contribution < -0.4 is 5.56 Å². The van der Waals surface area contributed by atoms with Crippen LogP contribution in [0.15, 0.2) is 50.4 Å². The van der Waals surface area contributed by atoms with Crippen molar-refractivity contribution >= 4 is 39.2 Å². The smallest absolute Gasteiger partial charge is 0.259 e. The van der Waals surface area contributed by atoms with Crippen LogP contribution in [-0.2, 0) is 36.5 Å². The zero-order valence-electron chi connectivity index (χ0n) is 17.5. The topological polar surface area (TPSA) is 92.3 Å². The standard InChI is InChI=1S/C23H23N3O4S2/c27-20(26(11-15-5-3-9-29-15)12-16-6-4-10-30-16)14-31-13-19-24-22(28)21-17-7-1-2-8-18(17)32-23(21)25-19/h3-6,9-10H,1-2,7-8,11-14H2,(H,24,25,28). The van der Waals surface area contributed by atoms with Gasteiger partial charge >= 0.3 is 0 Å². The minimum Gasteiger partial charge on any atom is -0.467 e. The van der Waals surface area contributed by atoms with E-state index in [4.69, 9.17) is 13.8 Å². The van der Waals surface area contributed by atoms with Crippen LogP contribution in [0, 0.1) is 0 Å². The fourth-order valence-electron chi connectivity index (χ4n) is 4.02. The summed E-state index contributed by atoms with van der Waals surface area (Å²) in [6, 6.07) is 7.31. The van der Waals surface area contributed by atoms with Gasteiger partial charge in [0, 0.05) is 4.88 Å². The van der Waals surface area contributed by atoms with Crippen molar-refractivity contribution in [1.29, 1.82) is 0 Å². The second-order valence-corrected chi connectivity index (χ2v) is 9.87. The number of fused-ring (bicyclic) bond motifs is 3. The summed E-state index contributed by atoms with van der Waals surface area (Å²) in [6.45, 7) is 0.740. The van der Waals surface area contributed by atoms with Crippen molar-refractivity contribution in [2.75, 3.05) is 5.75 Å². The first kappa shape index (κ1) is 21.1. The van der Waals surface area contributed by atoms with Gasteiger partial charge in [-0.1, -0.05) is 0 Å². The fraction of sp³-hybridized carbons (Fsp3) is 0.348. The van der Waals surface area contributed by atoms with Crippen molar-refractivity contribution in [3.63, 3.8) is 0 Å². The summed E-state index contributed by atoms with van der Waals surface area (Å²) in [5.74, 6) is 2.75. The molecule has 0 saturated heterocycles.